The third-order valence-electron chi connectivity index (χ3n) is 3.49. The van der Waals surface area contributed by atoms with Crippen LogP contribution in [0.25, 0.3) is 0 Å². The number of rotatable bonds is 4. The van der Waals surface area contributed by atoms with Gasteiger partial charge in [0, 0.05) is 25.1 Å². The molecule has 0 aromatic carbocycles. The van der Waals surface area contributed by atoms with Gasteiger partial charge in [0.2, 0.25) is 0 Å². The van der Waals surface area contributed by atoms with Crippen molar-refractivity contribution in [1.29, 1.82) is 0 Å². The first-order valence-electron chi connectivity index (χ1n) is 6.26. The molecule has 3 nitrogen and oxygen atoms in total. The second-order valence-electron chi connectivity index (χ2n) is 5.25. The average Bonchev–Trinajstić information content (AvgIpc) is 3.10. The summed E-state index contributed by atoms with van der Waals surface area (Å²) in [7, 11) is 2.09. The minimum absolute atomic E-state index is 0.303. The predicted molar refractivity (Wildman–Crippen MR) is 71.7 cm³/mol. The van der Waals surface area contributed by atoms with E-state index in [1.807, 2.05) is 6.07 Å². The lowest BCUT2D eigenvalue weighted by atomic mass is 10.2. The van der Waals surface area contributed by atoms with E-state index in [0.29, 0.717) is 17.1 Å². The molecule has 1 atom stereocenters. The fourth-order valence-electron chi connectivity index (χ4n) is 1.97. The van der Waals surface area contributed by atoms with E-state index in [9.17, 15) is 0 Å². The summed E-state index contributed by atoms with van der Waals surface area (Å²) in [6.45, 7) is 6.42. The third-order valence-corrected chi connectivity index (χ3v) is 3.69. The van der Waals surface area contributed by atoms with E-state index in [-0.39, 0.29) is 0 Å². The monoisotopic (exact) mass is 253 g/mol. The Morgan fingerprint density at radius 1 is 1.29 bits per heavy atom. The molecule has 17 heavy (non-hydrogen) atoms. The number of nitrogens with zero attached hydrogens (tertiary/aromatic N) is 3. The molecule has 0 amide bonds. The second-order valence-corrected chi connectivity index (χ2v) is 5.64. The standard InChI is InChI=1S/C13H20ClN3/c1-8(2)13-15-11(14)7-12(16-13)17(4)9(3)10-5-6-10/h7-10H,5-6H2,1-4H3. The SMILES string of the molecule is CC(C)c1nc(Cl)cc(N(C)C(C)C2CC2)n1. The fraction of sp³-hybridized carbons (Fsp3) is 0.692. The minimum atomic E-state index is 0.303. The fourth-order valence-corrected chi connectivity index (χ4v) is 2.15. The maximum absolute atomic E-state index is 6.06. The highest BCUT2D eigenvalue weighted by molar-refractivity contribution is 6.29. The van der Waals surface area contributed by atoms with E-state index in [0.717, 1.165) is 17.6 Å². The van der Waals surface area contributed by atoms with Crippen molar-refractivity contribution < 1.29 is 0 Å². The molecule has 4 heteroatoms. The van der Waals surface area contributed by atoms with Crippen molar-refractivity contribution >= 4 is 17.4 Å². The molecule has 1 aromatic heterocycles. The molecule has 94 valence electrons. The molecule has 1 aromatic rings. The number of hydrogen-bond acceptors (Lipinski definition) is 3. The minimum Gasteiger partial charge on any atom is -0.357 e. The summed E-state index contributed by atoms with van der Waals surface area (Å²) in [5.74, 6) is 2.88. The van der Waals surface area contributed by atoms with Crippen LogP contribution in [-0.2, 0) is 0 Å². The largest absolute Gasteiger partial charge is 0.357 e. The zero-order chi connectivity index (χ0) is 12.6. The molecule has 0 N–H and O–H groups in total. The first-order valence-corrected chi connectivity index (χ1v) is 6.64. The molecule has 1 heterocycles. The Morgan fingerprint density at radius 3 is 2.47 bits per heavy atom. The molecule has 0 aliphatic heterocycles. The number of anilines is 1. The van der Waals surface area contributed by atoms with Crippen molar-refractivity contribution in [1.82, 2.24) is 9.97 Å². The lowest BCUT2D eigenvalue weighted by molar-refractivity contribution is 0.600. The second kappa shape index (κ2) is 4.81. The van der Waals surface area contributed by atoms with Crippen molar-refractivity contribution in [3.05, 3.63) is 17.0 Å². The van der Waals surface area contributed by atoms with Crippen molar-refractivity contribution in [2.45, 2.75) is 45.6 Å². The maximum atomic E-state index is 6.06. The molecular weight excluding hydrogens is 234 g/mol. The Labute approximate surface area is 108 Å². The quantitative estimate of drug-likeness (QED) is 0.770. The van der Waals surface area contributed by atoms with Crippen LogP contribution in [0.5, 0.6) is 0 Å². The summed E-state index contributed by atoms with van der Waals surface area (Å²) in [4.78, 5) is 11.1. The third kappa shape index (κ3) is 2.89. The molecule has 0 bridgehead atoms. The lowest BCUT2D eigenvalue weighted by Gasteiger charge is -2.26. The Morgan fingerprint density at radius 2 is 1.94 bits per heavy atom. The van der Waals surface area contributed by atoms with Crippen LogP contribution in [0.15, 0.2) is 6.07 Å². The molecule has 1 aliphatic carbocycles. The zero-order valence-electron chi connectivity index (χ0n) is 10.9. The van der Waals surface area contributed by atoms with Crippen molar-refractivity contribution in [2.24, 2.45) is 5.92 Å². The lowest BCUT2D eigenvalue weighted by Crippen LogP contribution is -2.31. The van der Waals surface area contributed by atoms with Gasteiger partial charge in [-0.25, -0.2) is 9.97 Å². The average molecular weight is 254 g/mol. The van der Waals surface area contributed by atoms with Gasteiger partial charge in [0.25, 0.3) is 0 Å². The van der Waals surface area contributed by atoms with Gasteiger partial charge in [-0.1, -0.05) is 25.4 Å². The first-order chi connectivity index (χ1) is 7.99. The van der Waals surface area contributed by atoms with Gasteiger partial charge in [0.05, 0.1) is 0 Å². The van der Waals surface area contributed by atoms with E-state index in [4.69, 9.17) is 11.6 Å². The first kappa shape index (κ1) is 12.6. The molecule has 1 aliphatic rings. The molecule has 2 rings (SSSR count). The maximum Gasteiger partial charge on any atom is 0.135 e. The highest BCUT2D eigenvalue weighted by Crippen LogP contribution is 2.36. The highest BCUT2D eigenvalue weighted by atomic mass is 35.5. The van der Waals surface area contributed by atoms with Crippen molar-refractivity contribution in [3.8, 4) is 0 Å². The Balaban J connectivity index is 2.24. The van der Waals surface area contributed by atoms with Gasteiger partial charge in [0.1, 0.15) is 16.8 Å². The van der Waals surface area contributed by atoms with E-state index < -0.39 is 0 Å². The molecular formula is C13H20ClN3. The summed E-state index contributed by atoms with van der Waals surface area (Å²) in [5.41, 5.74) is 0. The zero-order valence-corrected chi connectivity index (χ0v) is 11.7. The van der Waals surface area contributed by atoms with Gasteiger partial charge in [-0.15, -0.1) is 0 Å². The molecule has 1 unspecified atom stereocenters. The van der Waals surface area contributed by atoms with Crippen LogP contribution in [0, 0.1) is 5.92 Å². The normalized spacial score (nSPS) is 17.3. The summed E-state index contributed by atoms with van der Waals surface area (Å²) >= 11 is 6.06. The number of aromatic nitrogens is 2. The van der Waals surface area contributed by atoms with Gasteiger partial charge in [0.15, 0.2) is 0 Å². The van der Waals surface area contributed by atoms with E-state index in [1.165, 1.54) is 12.8 Å². The molecule has 1 saturated carbocycles. The molecule has 0 spiro atoms. The van der Waals surface area contributed by atoms with Gasteiger partial charge in [-0.05, 0) is 25.7 Å². The van der Waals surface area contributed by atoms with Gasteiger partial charge in [-0.3, -0.25) is 0 Å². The van der Waals surface area contributed by atoms with Crippen LogP contribution in [0.4, 0.5) is 5.82 Å². The van der Waals surface area contributed by atoms with E-state index in [1.54, 1.807) is 0 Å². The smallest absolute Gasteiger partial charge is 0.135 e. The summed E-state index contributed by atoms with van der Waals surface area (Å²) < 4.78 is 0. The number of hydrogen-bond donors (Lipinski definition) is 0. The van der Waals surface area contributed by atoms with E-state index >= 15 is 0 Å². The summed E-state index contributed by atoms with van der Waals surface area (Å²) in [5, 5.41) is 0.536. The molecule has 1 fully saturated rings. The van der Waals surface area contributed by atoms with Gasteiger partial charge < -0.3 is 4.90 Å². The number of halogens is 1. The summed E-state index contributed by atoms with van der Waals surface area (Å²) in [6, 6.07) is 2.38. The molecule has 0 saturated heterocycles. The van der Waals surface area contributed by atoms with Gasteiger partial charge in [-0.2, -0.15) is 0 Å². The highest BCUT2D eigenvalue weighted by Gasteiger charge is 2.31. The van der Waals surface area contributed by atoms with Crippen molar-refractivity contribution in [2.75, 3.05) is 11.9 Å². The van der Waals surface area contributed by atoms with Crippen molar-refractivity contribution in [3.63, 3.8) is 0 Å². The van der Waals surface area contributed by atoms with E-state index in [2.05, 4.69) is 42.7 Å². The van der Waals surface area contributed by atoms with Crippen LogP contribution in [0.1, 0.15) is 45.4 Å². The van der Waals surface area contributed by atoms with Gasteiger partial charge >= 0.3 is 0 Å². The van der Waals surface area contributed by atoms with Crippen LogP contribution in [0.2, 0.25) is 5.15 Å². The Kier molecular flexibility index (Phi) is 3.57. The predicted octanol–water partition coefficient (Wildman–Crippen LogP) is 3.49. The Bertz CT molecular complexity index is 402. The van der Waals surface area contributed by atoms with Crippen LogP contribution >= 0.6 is 11.6 Å². The van der Waals surface area contributed by atoms with Crippen LogP contribution in [0.3, 0.4) is 0 Å². The summed E-state index contributed by atoms with van der Waals surface area (Å²) in [6.07, 6.45) is 2.67. The van der Waals surface area contributed by atoms with Crippen LogP contribution < -0.4 is 4.90 Å². The van der Waals surface area contributed by atoms with Crippen LogP contribution in [-0.4, -0.2) is 23.1 Å². The Hall–Kier alpha value is -0.830. The topological polar surface area (TPSA) is 29.0 Å². The molecule has 0 radical (unpaired) electrons.